The minimum atomic E-state index is -0.359. The molecule has 2 aromatic carbocycles. The van der Waals surface area contributed by atoms with Gasteiger partial charge in [0.2, 0.25) is 5.91 Å². The summed E-state index contributed by atoms with van der Waals surface area (Å²) in [7, 11) is 0. The van der Waals surface area contributed by atoms with E-state index in [0.717, 1.165) is 0 Å². The van der Waals surface area contributed by atoms with E-state index < -0.39 is 0 Å². The Morgan fingerprint density at radius 1 is 0.923 bits per heavy atom. The third kappa shape index (κ3) is 4.67. The number of anilines is 1. The first-order valence-electron chi connectivity index (χ1n) is 8.02. The molecular formula is C20H17N3O3. The molecule has 6 nitrogen and oxygen atoms in total. The van der Waals surface area contributed by atoms with E-state index in [1.165, 1.54) is 6.20 Å². The number of aromatic nitrogens is 1. The molecule has 0 fully saturated rings. The lowest BCUT2D eigenvalue weighted by atomic mass is 10.2. The fraction of sp³-hybridized carbons (Fsp3) is 0.0500. The summed E-state index contributed by atoms with van der Waals surface area (Å²) in [4.78, 5) is 28.0. The van der Waals surface area contributed by atoms with Gasteiger partial charge in [0.25, 0.3) is 5.91 Å². The number of carbonyl (C=O) groups excluding carboxylic acids is 2. The van der Waals surface area contributed by atoms with Crippen LogP contribution in [0.3, 0.4) is 0 Å². The standard InChI is InChI=1S/C20H17N3O3/c24-19(14-22-20(25)15-7-6-12-21-13-15)23-17-10-4-5-11-18(17)26-16-8-2-1-3-9-16/h1-13H,14H2,(H,22,25)(H,23,24). The van der Waals surface area contributed by atoms with Gasteiger partial charge in [0.05, 0.1) is 17.8 Å². The highest BCUT2D eigenvalue weighted by Crippen LogP contribution is 2.28. The second-order valence-electron chi connectivity index (χ2n) is 5.38. The van der Waals surface area contributed by atoms with Crippen molar-refractivity contribution in [1.82, 2.24) is 10.3 Å². The number of hydrogen-bond donors (Lipinski definition) is 2. The lowest BCUT2D eigenvalue weighted by Crippen LogP contribution is -2.32. The number of nitrogens with zero attached hydrogens (tertiary/aromatic N) is 1. The SMILES string of the molecule is O=C(CNC(=O)c1cccnc1)Nc1ccccc1Oc1ccccc1. The van der Waals surface area contributed by atoms with Crippen molar-refractivity contribution >= 4 is 17.5 Å². The van der Waals surface area contributed by atoms with Crippen LogP contribution in [0.1, 0.15) is 10.4 Å². The van der Waals surface area contributed by atoms with Gasteiger partial charge in [0.1, 0.15) is 5.75 Å². The minimum absolute atomic E-state index is 0.159. The zero-order valence-corrected chi connectivity index (χ0v) is 13.9. The summed E-state index contributed by atoms with van der Waals surface area (Å²) in [5, 5.41) is 5.30. The summed E-state index contributed by atoms with van der Waals surface area (Å²) < 4.78 is 5.79. The molecule has 0 bridgehead atoms. The first-order valence-corrected chi connectivity index (χ1v) is 8.02. The van der Waals surface area contributed by atoms with Crippen LogP contribution in [0.5, 0.6) is 11.5 Å². The lowest BCUT2D eigenvalue weighted by molar-refractivity contribution is -0.115. The maximum absolute atomic E-state index is 12.2. The van der Waals surface area contributed by atoms with E-state index in [4.69, 9.17) is 4.74 Å². The zero-order valence-electron chi connectivity index (χ0n) is 13.9. The van der Waals surface area contributed by atoms with Gasteiger partial charge in [-0.05, 0) is 36.4 Å². The Morgan fingerprint density at radius 2 is 1.69 bits per heavy atom. The molecule has 0 radical (unpaired) electrons. The molecule has 0 saturated carbocycles. The predicted octanol–water partition coefficient (Wildman–Crippen LogP) is 3.24. The van der Waals surface area contributed by atoms with E-state index in [9.17, 15) is 9.59 Å². The second kappa shape index (κ2) is 8.43. The van der Waals surface area contributed by atoms with Crippen molar-refractivity contribution < 1.29 is 14.3 Å². The Labute approximate surface area is 150 Å². The molecule has 0 unspecified atom stereocenters. The van der Waals surface area contributed by atoms with Gasteiger partial charge in [-0.2, -0.15) is 0 Å². The zero-order chi connectivity index (χ0) is 18.2. The molecule has 0 spiro atoms. The number of carbonyl (C=O) groups is 2. The van der Waals surface area contributed by atoms with Crippen LogP contribution in [-0.2, 0) is 4.79 Å². The third-order valence-corrected chi connectivity index (χ3v) is 3.47. The number of para-hydroxylation sites is 3. The van der Waals surface area contributed by atoms with Crippen molar-refractivity contribution in [3.8, 4) is 11.5 Å². The number of rotatable bonds is 6. The van der Waals surface area contributed by atoms with E-state index in [0.29, 0.717) is 22.7 Å². The number of ether oxygens (including phenoxy) is 1. The molecule has 0 aliphatic rings. The molecule has 2 amide bonds. The number of hydrogen-bond acceptors (Lipinski definition) is 4. The van der Waals surface area contributed by atoms with E-state index >= 15 is 0 Å². The van der Waals surface area contributed by atoms with Crippen LogP contribution in [0.4, 0.5) is 5.69 Å². The molecule has 3 rings (SSSR count). The summed E-state index contributed by atoms with van der Waals surface area (Å²) in [5.74, 6) is 0.470. The van der Waals surface area contributed by atoms with Crippen molar-refractivity contribution in [2.45, 2.75) is 0 Å². The summed E-state index contributed by atoms with van der Waals surface area (Å²) in [6.07, 6.45) is 3.02. The van der Waals surface area contributed by atoms with Gasteiger partial charge in [-0.25, -0.2) is 0 Å². The molecule has 2 N–H and O–H groups in total. The predicted molar refractivity (Wildman–Crippen MR) is 98.2 cm³/mol. The summed E-state index contributed by atoms with van der Waals surface area (Å²) >= 11 is 0. The van der Waals surface area contributed by atoms with Gasteiger partial charge in [0.15, 0.2) is 5.75 Å². The van der Waals surface area contributed by atoms with Gasteiger partial charge in [0, 0.05) is 12.4 Å². The molecule has 1 aromatic heterocycles. The Balaban J connectivity index is 1.60. The number of benzene rings is 2. The number of amides is 2. The largest absolute Gasteiger partial charge is 0.455 e. The van der Waals surface area contributed by atoms with Gasteiger partial charge in [-0.1, -0.05) is 30.3 Å². The van der Waals surface area contributed by atoms with Gasteiger partial charge < -0.3 is 15.4 Å². The summed E-state index contributed by atoms with van der Waals surface area (Å²) in [6.45, 7) is -0.159. The van der Waals surface area contributed by atoms with Crippen molar-refractivity contribution in [1.29, 1.82) is 0 Å². The molecule has 130 valence electrons. The number of pyridine rings is 1. The minimum Gasteiger partial charge on any atom is -0.455 e. The van der Waals surface area contributed by atoms with Crippen LogP contribution in [0.2, 0.25) is 0 Å². The topological polar surface area (TPSA) is 80.3 Å². The van der Waals surface area contributed by atoms with E-state index in [2.05, 4.69) is 15.6 Å². The van der Waals surface area contributed by atoms with Crippen molar-refractivity contribution in [3.05, 3.63) is 84.7 Å². The molecule has 6 heteroatoms. The van der Waals surface area contributed by atoms with E-state index in [-0.39, 0.29) is 18.4 Å². The normalized spacial score (nSPS) is 10.0. The molecular weight excluding hydrogens is 330 g/mol. The maximum Gasteiger partial charge on any atom is 0.253 e. The van der Waals surface area contributed by atoms with E-state index in [1.807, 2.05) is 36.4 Å². The Morgan fingerprint density at radius 3 is 2.46 bits per heavy atom. The molecule has 0 aliphatic carbocycles. The molecule has 0 aliphatic heterocycles. The van der Waals surface area contributed by atoms with Crippen LogP contribution >= 0.6 is 0 Å². The third-order valence-electron chi connectivity index (χ3n) is 3.47. The summed E-state index contributed by atoms with van der Waals surface area (Å²) in [5.41, 5.74) is 0.921. The fourth-order valence-corrected chi connectivity index (χ4v) is 2.23. The van der Waals surface area contributed by atoms with Crippen molar-refractivity contribution in [3.63, 3.8) is 0 Å². The Bertz CT molecular complexity index is 883. The van der Waals surface area contributed by atoms with Gasteiger partial charge in [-0.3, -0.25) is 14.6 Å². The average Bonchev–Trinajstić information content (AvgIpc) is 2.69. The first-order chi connectivity index (χ1) is 12.7. The maximum atomic E-state index is 12.2. The van der Waals surface area contributed by atoms with Crippen LogP contribution in [-0.4, -0.2) is 23.3 Å². The monoisotopic (exact) mass is 347 g/mol. The molecule has 26 heavy (non-hydrogen) atoms. The Kier molecular flexibility index (Phi) is 5.57. The summed E-state index contributed by atoms with van der Waals surface area (Å²) in [6, 6.07) is 19.7. The quantitative estimate of drug-likeness (QED) is 0.717. The second-order valence-corrected chi connectivity index (χ2v) is 5.38. The highest BCUT2D eigenvalue weighted by Gasteiger charge is 2.11. The Hall–Kier alpha value is -3.67. The van der Waals surface area contributed by atoms with Crippen molar-refractivity contribution in [2.24, 2.45) is 0 Å². The molecule has 0 atom stereocenters. The average molecular weight is 347 g/mol. The van der Waals surface area contributed by atoms with Crippen molar-refractivity contribution in [2.75, 3.05) is 11.9 Å². The van der Waals surface area contributed by atoms with Crippen LogP contribution in [0, 0.1) is 0 Å². The molecule has 1 heterocycles. The molecule has 3 aromatic rings. The molecule has 0 saturated heterocycles. The lowest BCUT2D eigenvalue weighted by Gasteiger charge is -2.12. The highest BCUT2D eigenvalue weighted by molar-refractivity contribution is 5.99. The van der Waals surface area contributed by atoms with Gasteiger partial charge in [-0.15, -0.1) is 0 Å². The van der Waals surface area contributed by atoms with Crippen LogP contribution in [0.25, 0.3) is 0 Å². The van der Waals surface area contributed by atoms with Crippen LogP contribution in [0.15, 0.2) is 79.1 Å². The first kappa shape index (κ1) is 17.2. The fourth-order valence-electron chi connectivity index (χ4n) is 2.23. The van der Waals surface area contributed by atoms with E-state index in [1.54, 1.807) is 36.5 Å². The highest BCUT2D eigenvalue weighted by atomic mass is 16.5. The van der Waals surface area contributed by atoms with Crippen LogP contribution < -0.4 is 15.4 Å². The smallest absolute Gasteiger partial charge is 0.253 e. The van der Waals surface area contributed by atoms with Gasteiger partial charge >= 0.3 is 0 Å². The number of nitrogens with one attached hydrogen (secondary N) is 2.